The van der Waals surface area contributed by atoms with Crippen LogP contribution < -0.4 is 15.4 Å². The van der Waals surface area contributed by atoms with Crippen LogP contribution in [0.3, 0.4) is 0 Å². The van der Waals surface area contributed by atoms with Crippen LogP contribution in [0.1, 0.15) is 24.6 Å². The lowest BCUT2D eigenvalue weighted by molar-refractivity contribution is 0.301. The van der Waals surface area contributed by atoms with Gasteiger partial charge in [0, 0.05) is 38.1 Å². The van der Waals surface area contributed by atoms with Crippen LogP contribution >= 0.6 is 23.2 Å². The molecule has 0 unspecified atom stereocenters. The molecule has 136 valence electrons. The van der Waals surface area contributed by atoms with Gasteiger partial charge >= 0.3 is 0 Å². The molecule has 8 heteroatoms. The van der Waals surface area contributed by atoms with Crippen molar-refractivity contribution in [1.82, 2.24) is 20.2 Å². The highest BCUT2D eigenvalue weighted by atomic mass is 35.5. The average Bonchev–Trinajstić information content (AvgIpc) is 2.87. The van der Waals surface area contributed by atoms with E-state index in [1.807, 2.05) is 29.8 Å². The van der Waals surface area contributed by atoms with Gasteiger partial charge in [-0.3, -0.25) is 4.99 Å². The Bertz CT molecular complexity index is 730. The van der Waals surface area contributed by atoms with Crippen molar-refractivity contribution in [2.24, 2.45) is 12.0 Å². The molecule has 0 aliphatic rings. The van der Waals surface area contributed by atoms with E-state index in [-0.39, 0.29) is 0 Å². The minimum Gasteiger partial charge on any atom is -0.477 e. The van der Waals surface area contributed by atoms with Crippen molar-refractivity contribution in [3.63, 3.8) is 0 Å². The monoisotopic (exact) mass is 383 g/mol. The first-order valence-electron chi connectivity index (χ1n) is 8.07. The second kappa shape index (κ2) is 9.53. The van der Waals surface area contributed by atoms with E-state index in [9.17, 15) is 0 Å². The molecule has 0 saturated carbocycles. The smallest absolute Gasteiger partial charge is 0.218 e. The highest BCUT2D eigenvalue weighted by molar-refractivity contribution is 6.41. The highest BCUT2D eigenvalue weighted by Crippen LogP contribution is 2.24. The van der Waals surface area contributed by atoms with E-state index in [1.54, 1.807) is 13.2 Å². The molecule has 2 heterocycles. The zero-order chi connectivity index (χ0) is 18.2. The Morgan fingerprint density at radius 1 is 1.32 bits per heavy atom. The van der Waals surface area contributed by atoms with E-state index in [0.29, 0.717) is 41.7 Å². The Hall–Kier alpha value is -1.92. The van der Waals surface area contributed by atoms with Gasteiger partial charge in [0.2, 0.25) is 5.88 Å². The summed E-state index contributed by atoms with van der Waals surface area (Å²) in [4.78, 5) is 8.51. The van der Waals surface area contributed by atoms with Crippen LogP contribution in [0.15, 0.2) is 29.4 Å². The molecule has 0 saturated heterocycles. The molecule has 2 rings (SSSR count). The number of nitrogens with zero attached hydrogens (tertiary/aromatic N) is 3. The first-order valence-corrected chi connectivity index (χ1v) is 8.83. The normalized spacial score (nSPS) is 11.5. The first-order chi connectivity index (χ1) is 12.1. The molecule has 0 aromatic carbocycles. The number of hydrogen-bond donors (Lipinski definition) is 2. The van der Waals surface area contributed by atoms with E-state index < -0.39 is 0 Å². The Kier molecular flexibility index (Phi) is 7.40. The van der Waals surface area contributed by atoms with Crippen LogP contribution in [-0.4, -0.2) is 29.2 Å². The predicted molar refractivity (Wildman–Crippen MR) is 102 cm³/mol. The molecule has 0 aliphatic carbocycles. The van der Waals surface area contributed by atoms with E-state index in [2.05, 4.69) is 27.5 Å². The molecule has 2 aromatic heterocycles. The summed E-state index contributed by atoms with van der Waals surface area (Å²) in [5, 5.41) is 7.56. The van der Waals surface area contributed by atoms with Gasteiger partial charge in [0.25, 0.3) is 0 Å². The summed E-state index contributed by atoms with van der Waals surface area (Å²) >= 11 is 12.1. The molecule has 0 atom stereocenters. The van der Waals surface area contributed by atoms with Gasteiger partial charge in [-0.1, -0.05) is 36.2 Å². The standard InChI is InChI=1S/C17H23Cl2N5O/c1-4-8-25-16-12(6-5-7-21-16)10-22-17(20-2)23-11-13-9-14(18)15(19)24(13)3/h5-7,9H,4,8,10-11H2,1-3H3,(H2,20,22,23). The molecule has 0 aliphatic heterocycles. The largest absolute Gasteiger partial charge is 0.477 e. The van der Waals surface area contributed by atoms with E-state index in [0.717, 1.165) is 17.7 Å². The molecular formula is C17H23Cl2N5O. The summed E-state index contributed by atoms with van der Waals surface area (Å²) in [6.07, 6.45) is 2.67. The van der Waals surface area contributed by atoms with Crippen molar-refractivity contribution >= 4 is 29.2 Å². The van der Waals surface area contributed by atoms with Crippen molar-refractivity contribution in [1.29, 1.82) is 0 Å². The Morgan fingerprint density at radius 3 is 2.72 bits per heavy atom. The second-order valence-electron chi connectivity index (χ2n) is 5.43. The van der Waals surface area contributed by atoms with Crippen LogP contribution in [-0.2, 0) is 20.1 Å². The van der Waals surface area contributed by atoms with E-state index in [4.69, 9.17) is 27.9 Å². The van der Waals surface area contributed by atoms with Gasteiger partial charge in [0.1, 0.15) is 5.15 Å². The molecule has 25 heavy (non-hydrogen) atoms. The Labute approximate surface area is 158 Å². The second-order valence-corrected chi connectivity index (χ2v) is 6.19. The molecule has 2 N–H and O–H groups in total. The molecule has 6 nitrogen and oxygen atoms in total. The lowest BCUT2D eigenvalue weighted by Gasteiger charge is -2.14. The van der Waals surface area contributed by atoms with E-state index >= 15 is 0 Å². The number of hydrogen-bond acceptors (Lipinski definition) is 3. The highest BCUT2D eigenvalue weighted by Gasteiger charge is 2.10. The first kappa shape index (κ1) is 19.4. The third kappa shape index (κ3) is 5.28. The third-order valence-corrected chi connectivity index (χ3v) is 4.46. The lowest BCUT2D eigenvalue weighted by atomic mass is 10.2. The van der Waals surface area contributed by atoms with Crippen LogP contribution in [0.2, 0.25) is 10.2 Å². The average molecular weight is 384 g/mol. The van der Waals surface area contributed by atoms with Crippen LogP contribution in [0.5, 0.6) is 5.88 Å². The maximum absolute atomic E-state index is 6.08. The summed E-state index contributed by atoms with van der Waals surface area (Å²) in [6, 6.07) is 5.71. The van der Waals surface area contributed by atoms with Crippen LogP contribution in [0.4, 0.5) is 0 Å². The van der Waals surface area contributed by atoms with Gasteiger partial charge in [-0.2, -0.15) is 0 Å². The van der Waals surface area contributed by atoms with Gasteiger partial charge in [-0.25, -0.2) is 4.98 Å². The summed E-state index contributed by atoms with van der Waals surface area (Å²) in [7, 11) is 3.59. The summed E-state index contributed by atoms with van der Waals surface area (Å²) in [5.41, 5.74) is 1.94. The SMILES string of the molecule is CCCOc1ncccc1CNC(=NC)NCc1cc(Cl)c(Cl)n1C. The fourth-order valence-electron chi connectivity index (χ4n) is 2.22. The van der Waals surface area contributed by atoms with Crippen molar-refractivity contribution in [2.75, 3.05) is 13.7 Å². The minimum absolute atomic E-state index is 0.523. The topological polar surface area (TPSA) is 63.5 Å². The number of pyridine rings is 1. The zero-order valence-electron chi connectivity index (χ0n) is 14.6. The van der Waals surface area contributed by atoms with Crippen LogP contribution in [0, 0.1) is 0 Å². The number of guanidine groups is 1. The van der Waals surface area contributed by atoms with Gasteiger partial charge in [-0.15, -0.1) is 0 Å². The van der Waals surface area contributed by atoms with Crippen molar-refractivity contribution < 1.29 is 4.74 Å². The molecule has 0 fully saturated rings. The molecule has 0 radical (unpaired) electrons. The van der Waals surface area contributed by atoms with Crippen molar-refractivity contribution in [2.45, 2.75) is 26.4 Å². The zero-order valence-corrected chi connectivity index (χ0v) is 16.2. The number of aliphatic imine (C=N–C) groups is 1. The molecular weight excluding hydrogens is 361 g/mol. The number of rotatable bonds is 7. The predicted octanol–water partition coefficient (Wildman–Crippen LogP) is 3.38. The van der Waals surface area contributed by atoms with Crippen LogP contribution in [0.25, 0.3) is 0 Å². The Morgan fingerprint density at radius 2 is 2.08 bits per heavy atom. The third-order valence-electron chi connectivity index (χ3n) is 3.62. The molecule has 2 aromatic rings. The maximum Gasteiger partial charge on any atom is 0.218 e. The van der Waals surface area contributed by atoms with Gasteiger partial charge in [0.05, 0.1) is 18.2 Å². The summed E-state index contributed by atoms with van der Waals surface area (Å²) in [5.74, 6) is 1.31. The fourth-order valence-corrected chi connectivity index (χ4v) is 2.64. The fraction of sp³-hybridized carbons (Fsp3) is 0.412. The van der Waals surface area contributed by atoms with Gasteiger partial charge in [-0.05, 0) is 18.6 Å². The summed E-state index contributed by atoms with van der Waals surface area (Å²) in [6.45, 7) is 3.82. The van der Waals surface area contributed by atoms with Gasteiger partial charge in [0.15, 0.2) is 5.96 Å². The number of nitrogens with one attached hydrogen (secondary N) is 2. The Balaban J connectivity index is 1.93. The number of ether oxygens (including phenoxy) is 1. The molecule has 0 spiro atoms. The van der Waals surface area contributed by atoms with Crippen molar-refractivity contribution in [3.8, 4) is 5.88 Å². The quantitative estimate of drug-likeness (QED) is 0.568. The van der Waals surface area contributed by atoms with E-state index in [1.165, 1.54) is 0 Å². The summed E-state index contributed by atoms with van der Waals surface area (Å²) < 4.78 is 7.50. The minimum atomic E-state index is 0.523. The lowest BCUT2D eigenvalue weighted by Crippen LogP contribution is -2.36. The number of halogens is 2. The van der Waals surface area contributed by atoms with Gasteiger partial charge < -0.3 is 19.9 Å². The maximum atomic E-state index is 6.08. The molecule has 0 bridgehead atoms. The van der Waals surface area contributed by atoms with Crippen molar-refractivity contribution in [3.05, 3.63) is 45.8 Å². The molecule has 0 amide bonds. The number of aromatic nitrogens is 2.